The Balaban J connectivity index is 1.47. The van der Waals surface area contributed by atoms with Gasteiger partial charge in [-0.1, -0.05) is 29.8 Å². The zero-order valence-corrected chi connectivity index (χ0v) is 20.5. The molecule has 0 heterocycles. The van der Waals surface area contributed by atoms with Gasteiger partial charge in [0.15, 0.2) is 6.61 Å². The monoisotopic (exact) mass is 488 g/mol. The first-order valence-electron chi connectivity index (χ1n) is 11.1. The lowest BCUT2D eigenvalue weighted by Crippen LogP contribution is -2.32. The van der Waals surface area contributed by atoms with E-state index in [1.54, 1.807) is 48.5 Å². The van der Waals surface area contributed by atoms with Gasteiger partial charge >= 0.3 is 11.8 Å². The summed E-state index contributed by atoms with van der Waals surface area (Å²) in [5.41, 5.74) is 7.12. The van der Waals surface area contributed by atoms with Crippen molar-refractivity contribution in [1.82, 2.24) is 5.43 Å². The second-order valence-electron chi connectivity index (χ2n) is 8.03. The Bertz CT molecular complexity index is 1260. The minimum absolute atomic E-state index is 0.141. The molecule has 0 saturated carbocycles. The van der Waals surface area contributed by atoms with E-state index in [1.807, 2.05) is 32.9 Å². The summed E-state index contributed by atoms with van der Waals surface area (Å²) in [4.78, 5) is 36.4. The Morgan fingerprint density at radius 2 is 1.56 bits per heavy atom. The number of benzene rings is 3. The number of carbonyl (C=O) groups is 3. The number of amides is 3. The van der Waals surface area contributed by atoms with Crippen LogP contribution in [0.5, 0.6) is 11.5 Å². The number of rotatable bonds is 8. The van der Waals surface area contributed by atoms with Crippen LogP contribution in [0.25, 0.3) is 0 Å². The number of carbonyl (C=O) groups excluding carboxylic acids is 3. The van der Waals surface area contributed by atoms with E-state index >= 15 is 0 Å². The number of anilines is 2. The molecule has 3 aromatic rings. The molecule has 0 fully saturated rings. The van der Waals surface area contributed by atoms with Crippen LogP contribution in [-0.4, -0.2) is 37.7 Å². The van der Waals surface area contributed by atoms with E-state index in [1.165, 1.54) is 13.3 Å². The first-order valence-corrected chi connectivity index (χ1v) is 11.1. The Hall–Kier alpha value is -4.66. The van der Waals surface area contributed by atoms with Gasteiger partial charge in [-0.2, -0.15) is 5.10 Å². The number of nitrogens with zero attached hydrogens (tertiary/aromatic N) is 1. The highest BCUT2D eigenvalue weighted by Crippen LogP contribution is 2.23. The fourth-order valence-electron chi connectivity index (χ4n) is 3.49. The highest BCUT2D eigenvalue weighted by atomic mass is 16.5. The fraction of sp³-hybridized carbons (Fsp3) is 0.185. The molecule has 0 aliphatic heterocycles. The number of methoxy groups -OCH3 is 1. The van der Waals surface area contributed by atoms with E-state index in [4.69, 9.17) is 9.47 Å². The van der Waals surface area contributed by atoms with Crippen LogP contribution < -0.4 is 25.5 Å². The maximum absolute atomic E-state index is 12.3. The molecule has 0 aliphatic rings. The van der Waals surface area contributed by atoms with Crippen molar-refractivity contribution in [1.29, 1.82) is 0 Å². The minimum Gasteiger partial charge on any atom is -0.495 e. The van der Waals surface area contributed by atoms with Crippen LogP contribution in [0.4, 0.5) is 11.4 Å². The van der Waals surface area contributed by atoms with E-state index in [0.29, 0.717) is 22.7 Å². The number of hydrazone groups is 1. The molecule has 0 unspecified atom stereocenters. The number of nitrogens with one attached hydrogen (secondary N) is 3. The molecule has 3 aromatic carbocycles. The molecular formula is C27H28N4O5. The van der Waals surface area contributed by atoms with Crippen LogP contribution in [0.1, 0.15) is 22.3 Å². The summed E-state index contributed by atoms with van der Waals surface area (Å²) < 4.78 is 10.7. The van der Waals surface area contributed by atoms with Crippen molar-refractivity contribution in [3.05, 3.63) is 82.9 Å². The van der Waals surface area contributed by atoms with Crippen LogP contribution in [0.15, 0.2) is 65.8 Å². The molecule has 186 valence electrons. The van der Waals surface area contributed by atoms with Crippen LogP contribution in [0.3, 0.4) is 0 Å². The van der Waals surface area contributed by atoms with Gasteiger partial charge in [0.25, 0.3) is 5.91 Å². The van der Waals surface area contributed by atoms with Gasteiger partial charge in [-0.05, 0) is 73.9 Å². The topological polar surface area (TPSA) is 118 Å². The molecule has 0 spiro atoms. The van der Waals surface area contributed by atoms with Crippen molar-refractivity contribution in [3.63, 3.8) is 0 Å². The van der Waals surface area contributed by atoms with Crippen molar-refractivity contribution in [2.45, 2.75) is 20.8 Å². The third kappa shape index (κ3) is 7.17. The SMILES string of the molecule is COc1ccccc1NC(=O)C(=O)N/N=C\c1ccc(OCC(=O)Nc2c(C)cc(C)cc2C)cc1. The largest absolute Gasteiger partial charge is 0.495 e. The van der Waals surface area contributed by atoms with Crippen LogP contribution in [0, 0.1) is 20.8 Å². The zero-order chi connectivity index (χ0) is 26.1. The highest BCUT2D eigenvalue weighted by Gasteiger charge is 2.15. The molecule has 0 saturated heterocycles. The molecule has 9 heteroatoms. The quantitative estimate of drug-likeness (QED) is 0.254. The third-order valence-corrected chi connectivity index (χ3v) is 5.13. The van der Waals surface area contributed by atoms with Crippen molar-refractivity contribution >= 4 is 35.3 Å². The van der Waals surface area contributed by atoms with Crippen molar-refractivity contribution in [2.75, 3.05) is 24.4 Å². The number of aryl methyl sites for hydroxylation is 3. The number of ether oxygens (including phenoxy) is 2. The average Bonchev–Trinajstić information content (AvgIpc) is 2.86. The smallest absolute Gasteiger partial charge is 0.329 e. The highest BCUT2D eigenvalue weighted by molar-refractivity contribution is 6.39. The first-order chi connectivity index (χ1) is 17.3. The maximum atomic E-state index is 12.3. The standard InChI is InChI=1S/C27H28N4O5/c1-17-13-18(2)25(19(3)14-17)30-24(32)16-36-21-11-9-20(10-12-21)15-28-31-27(34)26(33)29-22-7-5-6-8-23(22)35-4/h5-15H,16H2,1-4H3,(H,29,33)(H,30,32)(H,31,34)/b28-15-. The fourth-order valence-corrected chi connectivity index (χ4v) is 3.49. The molecule has 3 amide bonds. The molecule has 36 heavy (non-hydrogen) atoms. The molecule has 0 aliphatic carbocycles. The van der Waals surface area contributed by atoms with Gasteiger partial charge in [0, 0.05) is 5.69 Å². The second kappa shape index (κ2) is 12.2. The predicted octanol–water partition coefficient (Wildman–Crippen LogP) is 3.73. The summed E-state index contributed by atoms with van der Waals surface area (Å²) >= 11 is 0. The van der Waals surface area contributed by atoms with E-state index in [-0.39, 0.29) is 12.5 Å². The lowest BCUT2D eigenvalue weighted by molar-refractivity contribution is -0.136. The Morgan fingerprint density at radius 3 is 2.22 bits per heavy atom. The van der Waals surface area contributed by atoms with Crippen molar-refractivity contribution < 1.29 is 23.9 Å². The van der Waals surface area contributed by atoms with Crippen LogP contribution in [-0.2, 0) is 14.4 Å². The summed E-state index contributed by atoms with van der Waals surface area (Å²) in [6.07, 6.45) is 1.38. The predicted molar refractivity (Wildman–Crippen MR) is 139 cm³/mol. The summed E-state index contributed by atoms with van der Waals surface area (Å²) in [7, 11) is 1.47. The van der Waals surface area contributed by atoms with E-state index < -0.39 is 11.8 Å². The lowest BCUT2D eigenvalue weighted by atomic mass is 10.1. The molecule has 3 rings (SSSR count). The van der Waals surface area contributed by atoms with Gasteiger partial charge < -0.3 is 20.1 Å². The number of hydrogen-bond acceptors (Lipinski definition) is 6. The summed E-state index contributed by atoms with van der Waals surface area (Å²) in [5.74, 6) is -1.14. The van der Waals surface area contributed by atoms with E-state index in [2.05, 4.69) is 21.2 Å². The van der Waals surface area contributed by atoms with Gasteiger partial charge in [0.1, 0.15) is 11.5 Å². The first kappa shape index (κ1) is 26.0. The Kier molecular flexibility index (Phi) is 8.77. The zero-order valence-electron chi connectivity index (χ0n) is 20.5. The second-order valence-corrected chi connectivity index (χ2v) is 8.03. The number of para-hydroxylation sites is 2. The van der Waals surface area contributed by atoms with Crippen molar-refractivity contribution in [3.8, 4) is 11.5 Å². The van der Waals surface area contributed by atoms with Gasteiger partial charge in [-0.25, -0.2) is 5.43 Å². The molecule has 0 bridgehead atoms. The van der Waals surface area contributed by atoms with Crippen LogP contribution >= 0.6 is 0 Å². The summed E-state index contributed by atoms with van der Waals surface area (Å²) in [5, 5.41) is 9.16. The molecule has 3 N–H and O–H groups in total. The molecule has 0 atom stereocenters. The minimum atomic E-state index is -0.929. The van der Waals surface area contributed by atoms with Gasteiger partial charge in [0.05, 0.1) is 19.0 Å². The Labute approximate surface area is 209 Å². The van der Waals surface area contributed by atoms with E-state index in [0.717, 1.165) is 22.4 Å². The molecular weight excluding hydrogens is 460 g/mol. The van der Waals surface area contributed by atoms with E-state index in [9.17, 15) is 14.4 Å². The molecule has 0 aromatic heterocycles. The van der Waals surface area contributed by atoms with Gasteiger partial charge in [0.2, 0.25) is 0 Å². The van der Waals surface area contributed by atoms with Gasteiger partial charge in [-0.15, -0.1) is 0 Å². The Morgan fingerprint density at radius 1 is 0.889 bits per heavy atom. The van der Waals surface area contributed by atoms with Crippen LogP contribution in [0.2, 0.25) is 0 Å². The number of hydrogen-bond donors (Lipinski definition) is 3. The normalized spacial score (nSPS) is 10.6. The lowest BCUT2D eigenvalue weighted by Gasteiger charge is -2.13. The molecule has 9 nitrogen and oxygen atoms in total. The summed E-state index contributed by atoms with van der Waals surface area (Å²) in [6.45, 7) is 5.77. The van der Waals surface area contributed by atoms with Crippen molar-refractivity contribution in [2.24, 2.45) is 5.10 Å². The van der Waals surface area contributed by atoms with Gasteiger partial charge in [-0.3, -0.25) is 14.4 Å². The third-order valence-electron chi connectivity index (χ3n) is 5.13. The maximum Gasteiger partial charge on any atom is 0.329 e. The summed E-state index contributed by atoms with van der Waals surface area (Å²) in [6, 6.07) is 17.5. The average molecular weight is 489 g/mol. The molecule has 0 radical (unpaired) electrons.